The molecule has 0 unspecified atom stereocenters. The van der Waals surface area contributed by atoms with Crippen LogP contribution in [0.2, 0.25) is 0 Å². The Morgan fingerprint density at radius 1 is 1.19 bits per heavy atom. The number of aliphatic carboxylic acids is 1. The summed E-state index contributed by atoms with van der Waals surface area (Å²) in [5, 5.41) is 9.24. The van der Waals surface area contributed by atoms with Crippen molar-refractivity contribution in [2.24, 2.45) is 0 Å². The standard InChI is InChI=1S/C16H21NO4/c18-16(19)13-4-3-7-17(13)11-12-5-6-14-15(10-12)21-9-2-1-8-20-14/h5-6,10,13H,1-4,7-9,11H2,(H,18,19)/t13-/m0/s1. The number of nitrogens with zero attached hydrogens (tertiary/aromatic N) is 1. The Morgan fingerprint density at radius 2 is 1.95 bits per heavy atom. The van der Waals surface area contributed by atoms with Crippen LogP contribution in [0.3, 0.4) is 0 Å². The van der Waals surface area contributed by atoms with Crippen LogP contribution in [0.1, 0.15) is 31.2 Å². The van der Waals surface area contributed by atoms with E-state index in [4.69, 9.17) is 9.47 Å². The SMILES string of the molecule is O=C(O)[C@@H]1CCCN1Cc1ccc2c(c1)OCCCCO2. The number of fused-ring (bicyclic) bond motifs is 1. The van der Waals surface area contributed by atoms with Crippen LogP contribution in [0.5, 0.6) is 11.5 Å². The summed E-state index contributed by atoms with van der Waals surface area (Å²) in [6.45, 7) is 2.92. The van der Waals surface area contributed by atoms with Gasteiger partial charge in [0.15, 0.2) is 11.5 Å². The molecule has 1 fully saturated rings. The Morgan fingerprint density at radius 3 is 2.71 bits per heavy atom. The first-order valence-corrected chi connectivity index (χ1v) is 7.59. The zero-order valence-electron chi connectivity index (χ0n) is 12.1. The van der Waals surface area contributed by atoms with E-state index in [9.17, 15) is 9.90 Å². The maximum atomic E-state index is 11.2. The molecule has 1 aromatic carbocycles. The summed E-state index contributed by atoms with van der Waals surface area (Å²) in [6.07, 6.45) is 3.69. The lowest BCUT2D eigenvalue weighted by molar-refractivity contribution is -0.142. The third kappa shape index (κ3) is 3.29. The van der Waals surface area contributed by atoms with E-state index in [2.05, 4.69) is 0 Å². The number of carboxylic acid groups (broad SMARTS) is 1. The summed E-state index contributed by atoms with van der Waals surface area (Å²) < 4.78 is 11.4. The molecular weight excluding hydrogens is 270 g/mol. The number of likely N-dealkylation sites (tertiary alicyclic amines) is 1. The smallest absolute Gasteiger partial charge is 0.320 e. The number of benzene rings is 1. The van der Waals surface area contributed by atoms with Crippen molar-refractivity contribution in [3.8, 4) is 11.5 Å². The lowest BCUT2D eigenvalue weighted by atomic mass is 10.1. The minimum atomic E-state index is -0.724. The molecule has 21 heavy (non-hydrogen) atoms. The van der Waals surface area contributed by atoms with Gasteiger partial charge in [0.05, 0.1) is 13.2 Å². The van der Waals surface area contributed by atoms with Gasteiger partial charge in [-0.1, -0.05) is 6.07 Å². The van der Waals surface area contributed by atoms with Gasteiger partial charge in [0.25, 0.3) is 0 Å². The molecule has 0 saturated carbocycles. The molecule has 0 aliphatic carbocycles. The van der Waals surface area contributed by atoms with Crippen LogP contribution in [-0.2, 0) is 11.3 Å². The highest BCUT2D eigenvalue weighted by molar-refractivity contribution is 5.73. The summed E-state index contributed by atoms with van der Waals surface area (Å²) in [6, 6.07) is 5.56. The Hall–Kier alpha value is -1.75. The molecule has 3 rings (SSSR count). The van der Waals surface area contributed by atoms with Gasteiger partial charge in [-0.15, -0.1) is 0 Å². The van der Waals surface area contributed by atoms with Crippen LogP contribution >= 0.6 is 0 Å². The van der Waals surface area contributed by atoms with Gasteiger partial charge >= 0.3 is 5.97 Å². The molecule has 1 N–H and O–H groups in total. The van der Waals surface area contributed by atoms with Crippen LogP contribution in [0.4, 0.5) is 0 Å². The Labute approximate surface area is 124 Å². The number of carbonyl (C=O) groups is 1. The first-order valence-electron chi connectivity index (χ1n) is 7.59. The summed E-state index contributed by atoms with van der Waals surface area (Å²) >= 11 is 0. The van der Waals surface area contributed by atoms with Crippen molar-refractivity contribution in [3.05, 3.63) is 23.8 Å². The molecule has 0 bridgehead atoms. The summed E-state index contributed by atoms with van der Waals surface area (Å²) in [7, 11) is 0. The van der Waals surface area contributed by atoms with E-state index in [1.165, 1.54) is 0 Å². The molecule has 1 saturated heterocycles. The van der Waals surface area contributed by atoms with Crippen LogP contribution in [0.25, 0.3) is 0 Å². The van der Waals surface area contributed by atoms with Crippen molar-refractivity contribution in [1.82, 2.24) is 4.90 Å². The normalized spacial score (nSPS) is 22.6. The molecule has 2 aliphatic rings. The van der Waals surface area contributed by atoms with Gasteiger partial charge in [-0.05, 0) is 49.9 Å². The molecule has 1 aromatic rings. The molecule has 2 aliphatic heterocycles. The van der Waals surface area contributed by atoms with Crippen molar-refractivity contribution in [1.29, 1.82) is 0 Å². The topological polar surface area (TPSA) is 59.0 Å². The van der Waals surface area contributed by atoms with E-state index in [1.807, 2.05) is 23.1 Å². The van der Waals surface area contributed by atoms with E-state index >= 15 is 0 Å². The second-order valence-corrected chi connectivity index (χ2v) is 5.65. The van der Waals surface area contributed by atoms with Crippen molar-refractivity contribution in [3.63, 3.8) is 0 Å². The van der Waals surface area contributed by atoms with Crippen molar-refractivity contribution in [2.75, 3.05) is 19.8 Å². The van der Waals surface area contributed by atoms with Crippen molar-refractivity contribution < 1.29 is 19.4 Å². The summed E-state index contributed by atoms with van der Waals surface area (Å²) in [4.78, 5) is 13.3. The molecule has 0 aromatic heterocycles. The third-order valence-electron chi connectivity index (χ3n) is 4.10. The monoisotopic (exact) mass is 291 g/mol. The minimum Gasteiger partial charge on any atom is -0.490 e. The molecule has 5 heteroatoms. The van der Waals surface area contributed by atoms with Gasteiger partial charge in [0.1, 0.15) is 6.04 Å². The van der Waals surface area contributed by atoms with Crippen LogP contribution in [0.15, 0.2) is 18.2 Å². The van der Waals surface area contributed by atoms with E-state index < -0.39 is 5.97 Å². The zero-order chi connectivity index (χ0) is 14.7. The fourth-order valence-corrected chi connectivity index (χ4v) is 2.98. The van der Waals surface area contributed by atoms with Crippen molar-refractivity contribution in [2.45, 2.75) is 38.3 Å². The lowest BCUT2D eigenvalue weighted by Gasteiger charge is -2.22. The maximum absolute atomic E-state index is 11.2. The number of ether oxygens (including phenoxy) is 2. The number of carboxylic acids is 1. The van der Waals surface area contributed by atoms with E-state index in [-0.39, 0.29) is 6.04 Å². The predicted molar refractivity (Wildman–Crippen MR) is 77.7 cm³/mol. The average molecular weight is 291 g/mol. The highest BCUT2D eigenvalue weighted by atomic mass is 16.5. The largest absolute Gasteiger partial charge is 0.490 e. The molecular formula is C16H21NO4. The summed E-state index contributed by atoms with van der Waals surface area (Å²) in [5.41, 5.74) is 1.08. The molecule has 1 atom stereocenters. The average Bonchev–Trinajstić information content (AvgIpc) is 2.89. The van der Waals surface area contributed by atoms with Gasteiger partial charge in [-0.3, -0.25) is 9.69 Å². The fourth-order valence-electron chi connectivity index (χ4n) is 2.98. The molecule has 114 valence electrons. The number of hydrogen-bond acceptors (Lipinski definition) is 4. The van der Waals surface area contributed by atoms with Gasteiger partial charge in [0, 0.05) is 6.54 Å². The number of rotatable bonds is 3. The van der Waals surface area contributed by atoms with E-state index in [0.717, 1.165) is 55.9 Å². The molecule has 5 nitrogen and oxygen atoms in total. The van der Waals surface area contributed by atoms with Gasteiger partial charge in [-0.25, -0.2) is 0 Å². The highest BCUT2D eigenvalue weighted by Crippen LogP contribution is 2.31. The van der Waals surface area contributed by atoms with Crippen LogP contribution in [-0.4, -0.2) is 41.8 Å². The Bertz CT molecular complexity index is 517. The summed E-state index contributed by atoms with van der Waals surface area (Å²) in [5.74, 6) is 0.839. The number of hydrogen-bond donors (Lipinski definition) is 1. The van der Waals surface area contributed by atoms with Crippen LogP contribution < -0.4 is 9.47 Å². The molecule has 0 spiro atoms. The fraction of sp³-hybridized carbons (Fsp3) is 0.562. The predicted octanol–water partition coefficient (Wildman–Crippen LogP) is 2.29. The Kier molecular flexibility index (Phi) is 4.29. The van der Waals surface area contributed by atoms with Gasteiger partial charge in [0.2, 0.25) is 0 Å². The first-order chi connectivity index (χ1) is 10.2. The van der Waals surface area contributed by atoms with Gasteiger partial charge < -0.3 is 14.6 Å². The van der Waals surface area contributed by atoms with Gasteiger partial charge in [-0.2, -0.15) is 0 Å². The van der Waals surface area contributed by atoms with E-state index in [1.54, 1.807) is 0 Å². The Balaban J connectivity index is 1.74. The maximum Gasteiger partial charge on any atom is 0.320 e. The van der Waals surface area contributed by atoms with Crippen LogP contribution in [0, 0.1) is 0 Å². The third-order valence-corrected chi connectivity index (χ3v) is 4.10. The van der Waals surface area contributed by atoms with E-state index in [0.29, 0.717) is 13.2 Å². The highest BCUT2D eigenvalue weighted by Gasteiger charge is 2.30. The van der Waals surface area contributed by atoms with Crippen molar-refractivity contribution >= 4 is 5.97 Å². The molecule has 0 amide bonds. The second kappa shape index (κ2) is 6.35. The molecule has 2 heterocycles. The second-order valence-electron chi connectivity index (χ2n) is 5.65. The quantitative estimate of drug-likeness (QED) is 0.926. The minimum absolute atomic E-state index is 0.357. The zero-order valence-corrected chi connectivity index (χ0v) is 12.1. The molecule has 0 radical (unpaired) electrons. The first kappa shape index (κ1) is 14.2. The lowest BCUT2D eigenvalue weighted by Crippen LogP contribution is -2.35.